The summed E-state index contributed by atoms with van der Waals surface area (Å²) in [6.07, 6.45) is 7.55. The molecule has 1 aromatic heterocycles. The van der Waals surface area contributed by atoms with Crippen molar-refractivity contribution in [1.29, 1.82) is 0 Å². The Morgan fingerprint density at radius 3 is 2.74 bits per heavy atom. The summed E-state index contributed by atoms with van der Waals surface area (Å²) in [5, 5.41) is 2.65. The van der Waals surface area contributed by atoms with Crippen LogP contribution in [0.2, 0.25) is 0 Å². The van der Waals surface area contributed by atoms with Crippen LogP contribution in [-0.4, -0.2) is 45.9 Å². The number of ketones is 1. The second kappa shape index (κ2) is 8.73. The number of benzene rings is 3. The minimum absolute atomic E-state index is 0.201. The van der Waals surface area contributed by atoms with Gasteiger partial charge in [0.25, 0.3) is 0 Å². The molecule has 4 aromatic rings. The lowest BCUT2D eigenvalue weighted by Gasteiger charge is -2.44. The van der Waals surface area contributed by atoms with E-state index in [-0.39, 0.29) is 11.4 Å². The highest BCUT2D eigenvalue weighted by atomic mass is 16.5. The number of ether oxygens (including phenoxy) is 1. The van der Waals surface area contributed by atoms with Gasteiger partial charge in [-0.15, -0.1) is 0 Å². The monoisotopic (exact) mass is 451 g/mol. The van der Waals surface area contributed by atoms with E-state index in [2.05, 4.69) is 57.3 Å². The predicted molar refractivity (Wildman–Crippen MR) is 133 cm³/mol. The van der Waals surface area contributed by atoms with E-state index < -0.39 is 0 Å². The minimum atomic E-state index is -0.359. The van der Waals surface area contributed by atoms with E-state index in [4.69, 9.17) is 4.74 Å². The van der Waals surface area contributed by atoms with Crippen LogP contribution in [-0.2, 0) is 12.8 Å². The average molecular weight is 452 g/mol. The Labute approximate surface area is 199 Å². The first-order chi connectivity index (χ1) is 16.7. The molecule has 3 aromatic carbocycles. The molecule has 34 heavy (non-hydrogen) atoms. The van der Waals surface area contributed by atoms with Crippen LogP contribution >= 0.6 is 0 Å². The van der Waals surface area contributed by atoms with Crippen LogP contribution in [0.4, 0.5) is 0 Å². The summed E-state index contributed by atoms with van der Waals surface area (Å²) in [7, 11) is 0. The van der Waals surface area contributed by atoms with E-state index in [1.165, 1.54) is 16.3 Å². The van der Waals surface area contributed by atoms with Crippen molar-refractivity contribution in [2.45, 2.75) is 37.7 Å². The molecular weight excluding hydrogens is 422 g/mol. The van der Waals surface area contributed by atoms with Crippen LogP contribution in [0.25, 0.3) is 10.8 Å². The summed E-state index contributed by atoms with van der Waals surface area (Å²) in [6.45, 7) is 2.96. The van der Waals surface area contributed by atoms with Gasteiger partial charge in [0, 0.05) is 51.3 Å². The van der Waals surface area contributed by atoms with Gasteiger partial charge < -0.3 is 14.6 Å². The highest BCUT2D eigenvalue weighted by Crippen LogP contribution is 2.40. The van der Waals surface area contributed by atoms with Gasteiger partial charge in [0.15, 0.2) is 5.78 Å². The highest BCUT2D eigenvalue weighted by molar-refractivity contribution is 6.00. The number of hydrogen-bond acceptors (Lipinski definition) is 4. The van der Waals surface area contributed by atoms with E-state index in [1.807, 2.05) is 24.4 Å². The van der Waals surface area contributed by atoms with Gasteiger partial charge in [-0.1, -0.05) is 48.5 Å². The zero-order valence-corrected chi connectivity index (χ0v) is 19.3. The van der Waals surface area contributed by atoms with Gasteiger partial charge in [-0.05, 0) is 40.5 Å². The van der Waals surface area contributed by atoms with Crippen molar-refractivity contribution in [3.05, 3.63) is 95.6 Å². The van der Waals surface area contributed by atoms with Crippen molar-refractivity contribution >= 4 is 16.6 Å². The Morgan fingerprint density at radius 1 is 1.03 bits per heavy atom. The molecule has 0 saturated carbocycles. The molecule has 1 N–H and O–H groups in total. The molecule has 3 heterocycles. The lowest BCUT2D eigenvalue weighted by atomic mass is 9.82. The van der Waals surface area contributed by atoms with Crippen molar-refractivity contribution in [3.8, 4) is 5.75 Å². The van der Waals surface area contributed by atoms with Crippen LogP contribution in [0.1, 0.15) is 46.6 Å². The molecule has 5 nitrogen and oxygen atoms in total. The van der Waals surface area contributed by atoms with E-state index >= 15 is 0 Å². The number of likely N-dealkylation sites (tertiary alicyclic amines) is 1. The summed E-state index contributed by atoms with van der Waals surface area (Å²) in [5.74, 6) is 1.84. The number of imidazole rings is 1. The Balaban J connectivity index is 1.10. The number of H-pyrrole nitrogens is 1. The summed E-state index contributed by atoms with van der Waals surface area (Å²) in [6, 6.07) is 21.2. The van der Waals surface area contributed by atoms with Crippen molar-refractivity contribution in [2.24, 2.45) is 0 Å². The van der Waals surface area contributed by atoms with E-state index in [0.29, 0.717) is 18.4 Å². The maximum absolute atomic E-state index is 13.1. The summed E-state index contributed by atoms with van der Waals surface area (Å²) >= 11 is 0. The fourth-order valence-electron chi connectivity index (χ4n) is 5.49. The molecular formula is C29H29N3O2. The maximum atomic E-state index is 13.1. The Hall–Kier alpha value is -3.44. The van der Waals surface area contributed by atoms with Crippen LogP contribution in [0.15, 0.2) is 73.1 Å². The highest BCUT2D eigenvalue weighted by Gasteiger charge is 2.42. The molecule has 0 aliphatic carbocycles. The predicted octanol–water partition coefficient (Wildman–Crippen LogP) is 5.20. The lowest BCUT2D eigenvalue weighted by Crippen LogP contribution is -2.51. The second-order valence-corrected chi connectivity index (χ2v) is 9.66. The number of nitrogens with zero attached hydrogens (tertiary/aromatic N) is 2. The standard InChI is InChI=1S/C29H29N3O2/c33-26-20-29(34-27-9-8-21(18-25(26)27)19-28-30-13-14-31-28)11-16-32(17-12-29)15-10-23-6-3-5-22-4-1-2-7-24(22)23/h1-9,13-14,18H,10-12,15-17,19-20H2,(H,30,31). The number of fused-ring (bicyclic) bond motifs is 2. The van der Waals surface area contributed by atoms with Crippen molar-refractivity contribution < 1.29 is 9.53 Å². The summed E-state index contributed by atoms with van der Waals surface area (Å²) in [4.78, 5) is 23.0. The number of aromatic amines is 1. The molecule has 6 rings (SSSR count). The smallest absolute Gasteiger partial charge is 0.170 e. The number of piperidine rings is 1. The van der Waals surface area contributed by atoms with Crippen molar-refractivity contribution in [2.75, 3.05) is 19.6 Å². The van der Waals surface area contributed by atoms with Gasteiger partial charge in [0.1, 0.15) is 17.2 Å². The molecule has 1 saturated heterocycles. The molecule has 2 aliphatic rings. The molecule has 0 atom stereocenters. The molecule has 2 aliphatic heterocycles. The molecule has 0 bridgehead atoms. The van der Waals surface area contributed by atoms with Crippen LogP contribution < -0.4 is 4.74 Å². The average Bonchev–Trinajstić information content (AvgIpc) is 3.37. The fourth-order valence-corrected chi connectivity index (χ4v) is 5.49. The van der Waals surface area contributed by atoms with E-state index in [1.54, 1.807) is 6.20 Å². The van der Waals surface area contributed by atoms with Gasteiger partial charge in [-0.25, -0.2) is 4.98 Å². The third-order valence-electron chi connectivity index (χ3n) is 7.42. The number of aromatic nitrogens is 2. The zero-order valence-electron chi connectivity index (χ0n) is 19.3. The summed E-state index contributed by atoms with van der Waals surface area (Å²) in [5.41, 5.74) is 2.84. The Morgan fingerprint density at radius 2 is 1.88 bits per heavy atom. The first-order valence-corrected chi connectivity index (χ1v) is 12.2. The van der Waals surface area contributed by atoms with Gasteiger partial charge in [-0.3, -0.25) is 4.79 Å². The molecule has 0 unspecified atom stereocenters. The third kappa shape index (κ3) is 4.12. The van der Waals surface area contributed by atoms with Crippen LogP contribution in [0, 0.1) is 0 Å². The van der Waals surface area contributed by atoms with E-state index in [9.17, 15) is 4.79 Å². The SMILES string of the molecule is O=C1CC2(CCN(CCc3cccc4ccccc34)CC2)Oc2ccc(Cc3ncc[nH]3)cc21. The van der Waals surface area contributed by atoms with Crippen LogP contribution in [0.3, 0.4) is 0 Å². The number of Topliss-reactive ketones (excluding diaryl/α,β-unsaturated/α-hetero) is 1. The maximum Gasteiger partial charge on any atom is 0.170 e. The van der Waals surface area contributed by atoms with Crippen molar-refractivity contribution in [1.82, 2.24) is 14.9 Å². The third-order valence-corrected chi connectivity index (χ3v) is 7.42. The lowest BCUT2D eigenvalue weighted by molar-refractivity contribution is -0.00867. The van der Waals surface area contributed by atoms with Gasteiger partial charge in [-0.2, -0.15) is 0 Å². The molecule has 1 spiro atoms. The van der Waals surface area contributed by atoms with Gasteiger partial charge in [0.2, 0.25) is 0 Å². The largest absolute Gasteiger partial charge is 0.486 e. The molecule has 1 fully saturated rings. The van der Waals surface area contributed by atoms with E-state index in [0.717, 1.165) is 56.0 Å². The number of nitrogens with one attached hydrogen (secondary N) is 1. The second-order valence-electron chi connectivity index (χ2n) is 9.66. The van der Waals surface area contributed by atoms with Crippen molar-refractivity contribution in [3.63, 3.8) is 0 Å². The molecule has 0 radical (unpaired) electrons. The summed E-state index contributed by atoms with van der Waals surface area (Å²) < 4.78 is 6.52. The molecule has 0 amide bonds. The Kier molecular flexibility index (Phi) is 5.42. The quantitative estimate of drug-likeness (QED) is 0.453. The first-order valence-electron chi connectivity index (χ1n) is 12.2. The minimum Gasteiger partial charge on any atom is -0.486 e. The first kappa shape index (κ1) is 21.1. The number of rotatable bonds is 5. The topological polar surface area (TPSA) is 58.2 Å². The van der Waals surface area contributed by atoms with Gasteiger partial charge >= 0.3 is 0 Å². The van der Waals surface area contributed by atoms with Crippen LogP contribution in [0.5, 0.6) is 5.75 Å². The Bertz CT molecular complexity index is 1320. The van der Waals surface area contributed by atoms with Gasteiger partial charge in [0.05, 0.1) is 12.0 Å². The number of hydrogen-bond donors (Lipinski definition) is 1. The zero-order chi connectivity index (χ0) is 23.0. The molecule has 5 heteroatoms. The molecule has 172 valence electrons. The fraction of sp³-hybridized carbons (Fsp3) is 0.310. The number of carbonyl (C=O) groups excluding carboxylic acids is 1. The normalized spacial score (nSPS) is 17.6. The number of carbonyl (C=O) groups is 1.